The van der Waals surface area contributed by atoms with Crippen molar-refractivity contribution in [3.8, 4) is 0 Å². The van der Waals surface area contributed by atoms with Crippen LogP contribution >= 0.6 is 35.6 Å². The molecule has 0 aliphatic heterocycles. The van der Waals surface area contributed by atoms with E-state index in [4.69, 9.17) is 11.6 Å². The van der Waals surface area contributed by atoms with E-state index >= 15 is 0 Å². The SMILES string of the molecule is CCNC(=NCCC(=O)Nc1cccc(C)n1)NCCc1ccc(Cl)nc1.I. The molecule has 0 spiro atoms. The van der Waals surface area contributed by atoms with Gasteiger partial charge in [-0.3, -0.25) is 9.79 Å². The average molecular weight is 517 g/mol. The first-order valence-corrected chi connectivity index (χ1v) is 9.30. The Kier molecular flexibility index (Phi) is 11.4. The van der Waals surface area contributed by atoms with E-state index in [0.29, 0.717) is 30.0 Å². The van der Waals surface area contributed by atoms with Gasteiger partial charge in [-0.15, -0.1) is 24.0 Å². The highest BCUT2D eigenvalue weighted by molar-refractivity contribution is 14.0. The van der Waals surface area contributed by atoms with Crippen molar-refractivity contribution in [2.24, 2.45) is 4.99 Å². The van der Waals surface area contributed by atoms with Crippen molar-refractivity contribution in [2.45, 2.75) is 26.7 Å². The van der Waals surface area contributed by atoms with E-state index in [1.165, 1.54) is 0 Å². The molecule has 28 heavy (non-hydrogen) atoms. The van der Waals surface area contributed by atoms with E-state index in [-0.39, 0.29) is 36.3 Å². The van der Waals surface area contributed by atoms with Crippen LogP contribution in [0.4, 0.5) is 5.82 Å². The molecule has 3 N–H and O–H groups in total. The van der Waals surface area contributed by atoms with Gasteiger partial charge in [0.25, 0.3) is 0 Å². The summed E-state index contributed by atoms with van der Waals surface area (Å²) in [5, 5.41) is 9.68. The number of nitrogens with zero attached hydrogens (tertiary/aromatic N) is 3. The summed E-state index contributed by atoms with van der Waals surface area (Å²) in [7, 11) is 0. The van der Waals surface area contributed by atoms with Crippen LogP contribution in [-0.2, 0) is 11.2 Å². The monoisotopic (exact) mass is 516 g/mol. The fraction of sp³-hybridized carbons (Fsp3) is 0.368. The molecule has 2 aromatic heterocycles. The average Bonchev–Trinajstić information content (AvgIpc) is 2.63. The topological polar surface area (TPSA) is 91.3 Å². The lowest BCUT2D eigenvalue weighted by Crippen LogP contribution is -2.38. The van der Waals surface area contributed by atoms with E-state index in [0.717, 1.165) is 24.2 Å². The largest absolute Gasteiger partial charge is 0.357 e. The number of hydrogen-bond acceptors (Lipinski definition) is 4. The fourth-order valence-corrected chi connectivity index (χ4v) is 2.42. The third-order valence-electron chi connectivity index (χ3n) is 3.60. The minimum atomic E-state index is -0.111. The van der Waals surface area contributed by atoms with Gasteiger partial charge >= 0.3 is 0 Å². The smallest absolute Gasteiger partial charge is 0.227 e. The molecular formula is C19H26ClIN6O. The number of nitrogens with one attached hydrogen (secondary N) is 3. The molecule has 0 saturated carbocycles. The molecule has 9 heteroatoms. The van der Waals surface area contributed by atoms with Crippen molar-refractivity contribution in [1.29, 1.82) is 0 Å². The van der Waals surface area contributed by atoms with Gasteiger partial charge in [-0.2, -0.15) is 0 Å². The van der Waals surface area contributed by atoms with Crippen LogP contribution in [0.3, 0.4) is 0 Å². The molecule has 0 aliphatic carbocycles. The van der Waals surface area contributed by atoms with Crippen LogP contribution in [-0.4, -0.2) is 41.5 Å². The van der Waals surface area contributed by atoms with Crippen LogP contribution < -0.4 is 16.0 Å². The number of pyridine rings is 2. The van der Waals surface area contributed by atoms with E-state index in [1.807, 2.05) is 32.0 Å². The molecule has 0 aliphatic rings. The van der Waals surface area contributed by atoms with Crippen molar-refractivity contribution in [3.05, 3.63) is 52.9 Å². The maximum absolute atomic E-state index is 12.0. The third-order valence-corrected chi connectivity index (χ3v) is 3.83. The summed E-state index contributed by atoms with van der Waals surface area (Å²) in [6.07, 6.45) is 2.85. The Bertz CT molecular complexity index is 769. The van der Waals surface area contributed by atoms with Crippen LogP contribution in [0.5, 0.6) is 0 Å². The molecule has 2 heterocycles. The number of rotatable bonds is 8. The van der Waals surface area contributed by atoms with Gasteiger partial charge in [0.2, 0.25) is 5.91 Å². The lowest BCUT2D eigenvalue weighted by atomic mass is 10.2. The number of aryl methyl sites for hydroxylation is 1. The number of anilines is 1. The van der Waals surface area contributed by atoms with Crippen LogP contribution in [0, 0.1) is 6.92 Å². The molecule has 0 unspecified atom stereocenters. The zero-order valence-corrected chi connectivity index (χ0v) is 19.1. The van der Waals surface area contributed by atoms with E-state index in [2.05, 4.69) is 30.9 Å². The van der Waals surface area contributed by atoms with Crippen LogP contribution in [0.1, 0.15) is 24.6 Å². The molecule has 0 radical (unpaired) electrons. The minimum Gasteiger partial charge on any atom is -0.357 e. The molecule has 0 atom stereocenters. The minimum absolute atomic E-state index is 0. The van der Waals surface area contributed by atoms with Gasteiger partial charge in [0.1, 0.15) is 11.0 Å². The van der Waals surface area contributed by atoms with Gasteiger partial charge in [0, 0.05) is 31.4 Å². The number of aliphatic imine (C=N–C) groups is 1. The highest BCUT2D eigenvalue weighted by atomic mass is 127. The van der Waals surface area contributed by atoms with Gasteiger partial charge in [0.05, 0.1) is 6.54 Å². The number of carbonyl (C=O) groups excluding carboxylic acids is 1. The Hall–Kier alpha value is -1.94. The Balaban J connectivity index is 0.00000392. The normalized spacial score (nSPS) is 10.8. The molecule has 152 valence electrons. The Morgan fingerprint density at radius 3 is 2.71 bits per heavy atom. The van der Waals surface area contributed by atoms with Crippen molar-refractivity contribution < 1.29 is 4.79 Å². The molecule has 0 bridgehead atoms. The third kappa shape index (κ3) is 9.32. The van der Waals surface area contributed by atoms with Gasteiger partial charge in [-0.25, -0.2) is 9.97 Å². The van der Waals surface area contributed by atoms with Crippen molar-refractivity contribution >= 4 is 53.3 Å². The molecular weight excluding hydrogens is 491 g/mol. The predicted molar refractivity (Wildman–Crippen MR) is 125 cm³/mol. The van der Waals surface area contributed by atoms with Crippen molar-refractivity contribution in [2.75, 3.05) is 25.0 Å². The van der Waals surface area contributed by atoms with E-state index < -0.39 is 0 Å². The molecule has 0 fully saturated rings. The van der Waals surface area contributed by atoms with E-state index in [1.54, 1.807) is 18.3 Å². The predicted octanol–water partition coefficient (Wildman–Crippen LogP) is 3.18. The Labute approximate surface area is 187 Å². The number of hydrogen-bond donors (Lipinski definition) is 3. The molecule has 2 aromatic rings. The number of carbonyl (C=O) groups is 1. The molecule has 1 amide bonds. The van der Waals surface area contributed by atoms with Crippen LogP contribution in [0.25, 0.3) is 0 Å². The summed E-state index contributed by atoms with van der Waals surface area (Å²) in [6.45, 7) is 5.71. The number of amides is 1. The van der Waals surface area contributed by atoms with Crippen LogP contribution in [0.2, 0.25) is 5.15 Å². The van der Waals surface area contributed by atoms with Crippen molar-refractivity contribution in [1.82, 2.24) is 20.6 Å². The Morgan fingerprint density at radius 2 is 2.04 bits per heavy atom. The van der Waals surface area contributed by atoms with Crippen molar-refractivity contribution in [3.63, 3.8) is 0 Å². The zero-order chi connectivity index (χ0) is 19.5. The summed E-state index contributed by atoms with van der Waals surface area (Å²) in [5.41, 5.74) is 1.95. The second kappa shape index (κ2) is 13.3. The summed E-state index contributed by atoms with van der Waals surface area (Å²) < 4.78 is 0. The maximum atomic E-state index is 12.0. The van der Waals surface area contributed by atoms with Gasteiger partial charge < -0.3 is 16.0 Å². The summed E-state index contributed by atoms with van der Waals surface area (Å²) in [5.74, 6) is 1.13. The molecule has 2 rings (SSSR count). The molecule has 7 nitrogen and oxygen atoms in total. The summed E-state index contributed by atoms with van der Waals surface area (Å²) in [4.78, 5) is 24.8. The first kappa shape index (κ1) is 24.1. The first-order chi connectivity index (χ1) is 13.1. The zero-order valence-electron chi connectivity index (χ0n) is 16.0. The summed E-state index contributed by atoms with van der Waals surface area (Å²) in [6, 6.07) is 9.24. The number of halogens is 2. The van der Waals surface area contributed by atoms with Crippen LogP contribution in [0.15, 0.2) is 41.5 Å². The standard InChI is InChI=1S/C19H25ClN6O.HI/c1-3-21-19(22-11-9-15-7-8-16(20)24-13-15)23-12-10-18(27)26-17-6-4-5-14(2)25-17;/h4-8,13H,3,9-12H2,1-2H3,(H2,21,22,23)(H,25,26,27);1H. The van der Waals surface area contributed by atoms with Gasteiger partial charge in [0.15, 0.2) is 5.96 Å². The quantitative estimate of drug-likeness (QED) is 0.217. The lowest BCUT2D eigenvalue weighted by Gasteiger charge is -2.11. The molecule has 0 saturated heterocycles. The molecule has 0 aromatic carbocycles. The second-order valence-corrected chi connectivity index (χ2v) is 6.28. The highest BCUT2D eigenvalue weighted by Crippen LogP contribution is 2.05. The highest BCUT2D eigenvalue weighted by Gasteiger charge is 2.04. The fourth-order valence-electron chi connectivity index (χ4n) is 2.31. The lowest BCUT2D eigenvalue weighted by molar-refractivity contribution is -0.116. The Morgan fingerprint density at radius 1 is 1.21 bits per heavy atom. The van der Waals surface area contributed by atoms with E-state index in [9.17, 15) is 4.79 Å². The second-order valence-electron chi connectivity index (χ2n) is 5.89. The first-order valence-electron chi connectivity index (χ1n) is 8.93. The summed E-state index contributed by atoms with van der Waals surface area (Å²) >= 11 is 5.79. The maximum Gasteiger partial charge on any atom is 0.227 e. The van der Waals surface area contributed by atoms with Gasteiger partial charge in [-0.1, -0.05) is 23.7 Å². The van der Waals surface area contributed by atoms with Gasteiger partial charge in [-0.05, 0) is 44.0 Å². The number of guanidine groups is 1. The number of aromatic nitrogens is 2.